The number of carbonyl (C=O) groups excluding carboxylic acids is 3. The largest absolute Gasteiger partial charge is 0.459 e. The molecule has 1 aliphatic heterocycles. The molecule has 1 fully saturated rings. The summed E-state index contributed by atoms with van der Waals surface area (Å²) in [5, 5.41) is 10.2. The summed E-state index contributed by atoms with van der Waals surface area (Å²) in [7, 11) is 1.56. The van der Waals surface area contributed by atoms with Gasteiger partial charge in [0.1, 0.15) is 28.9 Å². The molecule has 1 saturated heterocycles. The van der Waals surface area contributed by atoms with Crippen molar-refractivity contribution in [3.05, 3.63) is 39.8 Å². The fourth-order valence-corrected chi connectivity index (χ4v) is 4.80. The lowest BCUT2D eigenvalue weighted by atomic mass is 9.97. The number of hydrogen-bond donors (Lipinski definition) is 0. The first-order valence-corrected chi connectivity index (χ1v) is 11.9. The second-order valence-corrected chi connectivity index (χ2v) is 10.2. The molecule has 34 heavy (non-hydrogen) atoms. The summed E-state index contributed by atoms with van der Waals surface area (Å²) in [6.45, 7) is 6.40. The standard InChI is InChI=1S/C23H27N5O5S/c1-23(2,3)32-19(29)12-27(4)22(31)18-13-34-20(24-18)14-7-9-28(10-8-14)21(30)15-5-6-16-17(11-15)26-33-25-16/h5-6,11,13-14H,7-10,12H2,1-4H3. The monoisotopic (exact) mass is 485 g/mol. The van der Waals surface area contributed by atoms with Gasteiger partial charge in [-0.05, 0) is 62.1 Å². The number of amides is 2. The van der Waals surface area contributed by atoms with Crippen LogP contribution in [0.3, 0.4) is 0 Å². The molecule has 0 spiro atoms. The Hall–Kier alpha value is -3.34. The average Bonchev–Trinajstić information content (AvgIpc) is 3.46. The van der Waals surface area contributed by atoms with Crippen LogP contribution in [0.4, 0.5) is 0 Å². The number of benzene rings is 1. The lowest BCUT2D eigenvalue weighted by Crippen LogP contribution is -2.38. The third kappa shape index (κ3) is 5.41. The van der Waals surface area contributed by atoms with Crippen molar-refractivity contribution < 1.29 is 23.7 Å². The van der Waals surface area contributed by atoms with Gasteiger partial charge in [0.05, 0.1) is 5.01 Å². The highest BCUT2D eigenvalue weighted by Gasteiger charge is 2.28. The predicted molar refractivity (Wildman–Crippen MR) is 125 cm³/mol. The van der Waals surface area contributed by atoms with Crippen molar-refractivity contribution in [3.63, 3.8) is 0 Å². The third-order valence-corrected chi connectivity index (χ3v) is 6.51. The molecule has 3 aromatic rings. The third-order valence-electron chi connectivity index (χ3n) is 5.51. The van der Waals surface area contributed by atoms with Gasteiger partial charge >= 0.3 is 5.97 Å². The van der Waals surface area contributed by atoms with Crippen LogP contribution in [0.5, 0.6) is 0 Å². The lowest BCUT2D eigenvalue weighted by Gasteiger charge is -2.31. The van der Waals surface area contributed by atoms with Gasteiger partial charge in [0, 0.05) is 37.0 Å². The molecule has 4 rings (SSSR count). The summed E-state index contributed by atoms with van der Waals surface area (Å²) < 4.78 is 9.98. The molecule has 0 saturated carbocycles. The first-order chi connectivity index (χ1) is 16.1. The molecule has 0 bridgehead atoms. The van der Waals surface area contributed by atoms with Crippen molar-refractivity contribution in [2.24, 2.45) is 0 Å². The zero-order valence-electron chi connectivity index (χ0n) is 19.6. The number of thiazole rings is 1. The van der Waals surface area contributed by atoms with E-state index in [0.29, 0.717) is 35.4 Å². The molecular weight excluding hydrogens is 458 g/mol. The molecule has 0 N–H and O–H groups in total. The zero-order valence-corrected chi connectivity index (χ0v) is 20.4. The molecule has 11 heteroatoms. The minimum atomic E-state index is -0.606. The van der Waals surface area contributed by atoms with Gasteiger partial charge in [-0.1, -0.05) is 0 Å². The minimum Gasteiger partial charge on any atom is -0.459 e. The second kappa shape index (κ2) is 9.49. The maximum atomic E-state index is 12.9. The smallest absolute Gasteiger partial charge is 0.326 e. The number of fused-ring (bicyclic) bond motifs is 1. The van der Waals surface area contributed by atoms with Crippen molar-refractivity contribution in [2.45, 2.75) is 45.1 Å². The molecule has 10 nitrogen and oxygen atoms in total. The quantitative estimate of drug-likeness (QED) is 0.506. The Kier molecular flexibility index (Phi) is 6.65. The summed E-state index contributed by atoms with van der Waals surface area (Å²) in [5.41, 5.74) is 1.43. The van der Waals surface area contributed by atoms with E-state index in [9.17, 15) is 14.4 Å². The Bertz CT molecular complexity index is 1210. The fourth-order valence-electron chi connectivity index (χ4n) is 3.84. The van der Waals surface area contributed by atoms with Gasteiger partial charge in [-0.2, -0.15) is 0 Å². The Balaban J connectivity index is 1.32. The minimum absolute atomic E-state index is 0.0536. The summed E-state index contributed by atoms with van der Waals surface area (Å²) in [4.78, 5) is 45.3. The van der Waals surface area contributed by atoms with E-state index in [0.717, 1.165) is 17.8 Å². The number of nitrogens with zero attached hydrogens (tertiary/aromatic N) is 5. The van der Waals surface area contributed by atoms with E-state index in [2.05, 4.69) is 15.3 Å². The van der Waals surface area contributed by atoms with Crippen LogP contribution >= 0.6 is 11.3 Å². The summed E-state index contributed by atoms with van der Waals surface area (Å²) in [6, 6.07) is 5.14. The number of ether oxygens (including phenoxy) is 1. The Morgan fingerprint density at radius 1 is 1.18 bits per heavy atom. The molecule has 0 aliphatic carbocycles. The highest BCUT2D eigenvalue weighted by Crippen LogP contribution is 2.31. The van der Waals surface area contributed by atoms with Crippen LogP contribution in [0.1, 0.15) is 65.4 Å². The predicted octanol–water partition coefficient (Wildman–Crippen LogP) is 3.11. The van der Waals surface area contributed by atoms with Crippen LogP contribution in [0.25, 0.3) is 11.0 Å². The van der Waals surface area contributed by atoms with E-state index in [-0.39, 0.29) is 24.3 Å². The summed E-state index contributed by atoms with van der Waals surface area (Å²) >= 11 is 1.44. The zero-order chi connectivity index (χ0) is 24.5. The number of rotatable bonds is 5. The Morgan fingerprint density at radius 3 is 2.59 bits per heavy atom. The van der Waals surface area contributed by atoms with Crippen LogP contribution in [0.2, 0.25) is 0 Å². The van der Waals surface area contributed by atoms with Crippen LogP contribution in [0, 0.1) is 0 Å². The molecule has 2 aromatic heterocycles. The normalized spacial score (nSPS) is 14.9. The SMILES string of the molecule is CN(CC(=O)OC(C)(C)C)C(=O)c1csc(C2CCN(C(=O)c3ccc4nonc4c3)CC2)n1. The molecule has 3 heterocycles. The molecule has 0 unspecified atom stereocenters. The Labute approximate surface area is 200 Å². The van der Waals surface area contributed by atoms with Crippen molar-refractivity contribution >= 4 is 40.2 Å². The maximum Gasteiger partial charge on any atom is 0.326 e. The van der Waals surface area contributed by atoms with Gasteiger partial charge in [-0.3, -0.25) is 14.4 Å². The van der Waals surface area contributed by atoms with E-state index >= 15 is 0 Å². The van der Waals surface area contributed by atoms with E-state index in [1.165, 1.54) is 16.2 Å². The number of hydrogen-bond acceptors (Lipinski definition) is 9. The van der Waals surface area contributed by atoms with E-state index in [1.54, 1.807) is 51.4 Å². The van der Waals surface area contributed by atoms with Gasteiger partial charge < -0.3 is 14.5 Å². The summed E-state index contributed by atoms with van der Waals surface area (Å²) in [5.74, 6) is -0.662. The number of likely N-dealkylation sites (N-methyl/N-ethyl adjacent to an activating group) is 1. The molecule has 1 aromatic carbocycles. The van der Waals surface area contributed by atoms with Crippen LogP contribution in [-0.2, 0) is 9.53 Å². The van der Waals surface area contributed by atoms with Gasteiger partial charge in [0.2, 0.25) is 0 Å². The van der Waals surface area contributed by atoms with Gasteiger partial charge in [-0.15, -0.1) is 11.3 Å². The van der Waals surface area contributed by atoms with Crippen molar-refractivity contribution in [1.29, 1.82) is 0 Å². The highest BCUT2D eigenvalue weighted by molar-refractivity contribution is 7.09. The maximum absolute atomic E-state index is 12.9. The number of esters is 1. The van der Waals surface area contributed by atoms with Gasteiger partial charge in [0.25, 0.3) is 11.8 Å². The summed E-state index contributed by atoms with van der Waals surface area (Å²) in [6.07, 6.45) is 1.52. The van der Waals surface area contributed by atoms with Crippen LogP contribution in [-0.4, -0.2) is 75.2 Å². The molecule has 2 amide bonds. The number of aromatic nitrogens is 3. The second-order valence-electron chi connectivity index (χ2n) is 9.35. The fraction of sp³-hybridized carbons (Fsp3) is 0.478. The molecule has 0 radical (unpaired) electrons. The van der Waals surface area contributed by atoms with Crippen molar-refractivity contribution in [3.8, 4) is 0 Å². The molecular formula is C23H27N5O5S. The molecule has 1 aliphatic rings. The highest BCUT2D eigenvalue weighted by atomic mass is 32.1. The topological polar surface area (TPSA) is 119 Å². The van der Waals surface area contributed by atoms with E-state index in [1.807, 2.05) is 4.90 Å². The lowest BCUT2D eigenvalue weighted by molar-refractivity contribution is -0.155. The Morgan fingerprint density at radius 2 is 1.88 bits per heavy atom. The van der Waals surface area contributed by atoms with Gasteiger partial charge in [-0.25, -0.2) is 9.61 Å². The number of piperidine rings is 1. The first kappa shape index (κ1) is 23.8. The number of likely N-dealkylation sites (tertiary alicyclic amines) is 1. The van der Waals surface area contributed by atoms with E-state index in [4.69, 9.17) is 9.37 Å². The molecule has 180 valence electrons. The van der Waals surface area contributed by atoms with Crippen LogP contribution in [0.15, 0.2) is 28.2 Å². The molecule has 0 atom stereocenters. The van der Waals surface area contributed by atoms with Crippen molar-refractivity contribution in [1.82, 2.24) is 25.1 Å². The first-order valence-electron chi connectivity index (χ1n) is 11.0. The van der Waals surface area contributed by atoms with E-state index < -0.39 is 11.6 Å². The average molecular weight is 486 g/mol. The number of carbonyl (C=O) groups is 3. The van der Waals surface area contributed by atoms with Gasteiger partial charge in [0.15, 0.2) is 0 Å². The van der Waals surface area contributed by atoms with Crippen LogP contribution < -0.4 is 0 Å². The van der Waals surface area contributed by atoms with Crippen molar-refractivity contribution in [2.75, 3.05) is 26.7 Å².